The Bertz CT molecular complexity index is 1130. The van der Waals surface area contributed by atoms with Gasteiger partial charge in [-0.25, -0.2) is 9.37 Å². The van der Waals surface area contributed by atoms with E-state index in [2.05, 4.69) is 25.8 Å². The Kier molecular flexibility index (Phi) is 5.69. The van der Waals surface area contributed by atoms with Crippen molar-refractivity contribution in [2.75, 3.05) is 11.9 Å². The van der Waals surface area contributed by atoms with Crippen LogP contribution in [-0.4, -0.2) is 49.7 Å². The predicted octanol–water partition coefficient (Wildman–Crippen LogP) is 2.68. The molecule has 3 N–H and O–H groups in total. The lowest BCUT2D eigenvalue weighted by molar-refractivity contribution is 0.0947. The molecule has 2 aromatic heterocycles. The number of aryl methyl sites for hydroxylation is 2. The Labute approximate surface area is 179 Å². The average Bonchev–Trinajstić information content (AvgIpc) is 3.45. The fourth-order valence-electron chi connectivity index (χ4n) is 3.32. The molecule has 0 aliphatic heterocycles. The number of aromatic nitrogens is 4. The molecule has 31 heavy (non-hydrogen) atoms. The Morgan fingerprint density at radius 1 is 1.29 bits per heavy atom. The molecule has 8 nitrogen and oxygen atoms in total. The van der Waals surface area contributed by atoms with Crippen LogP contribution in [0, 0.1) is 12.7 Å². The fraction of sp³-hybridized carbons (Fsp3) is 0.364. The molecular formula is C22H25FN6O2. The van der Waals surface area contributed by atoms with Gasteiger partial charge in [-0.1, -0.05) is 0 Å². The van der Waals surface area contributed by atoms with Gasteiger partial charge in [0.25, 0.3) is 5.91 Å². The molecule has 1 atom stereocenters. The van der Waals surface area contributed by atoms with Gasteiger partial charge in [0.05, 0.1) is 18.4 Å². The highest BCUT2D eigenvalue weighted by molar-refractivity contribution is 5.96. The number of hydrogen-bond donors (Lipinski definition) is 3. The van der Waals surface area contributed by atoms with Gasteiger partial charge < -0.3 is 15.7 Å². The number of nitrogens with one attached hydrogen (secondary N) is 2. The highest BCUT2D eigenvalue weighted by Gasteiger charge is 2.26. The van der Waals surface area contributed by atoms with E-state index in [9.17, 15) is 14.3 Å². The topological polar surface area (TPSA) is 105 Å². The predicted molar refractivity (Wildman–Crippen MR) is 115 cm³/mol. The van der Waals surface area contributed by atoms with E-state index in [1.165, 1.54) is 10.9 Å². The Hall–Kier alpha value is -3.33. The number of aliphatic hydroxyl groups is 1. The summed E-state index contributed by atoms with van der Waals surface area (Å²) in [6, 6.07) is 4.76. The molecule has 0 spiro atoms. The zero-order valence-electron chi connectivity index (χ0n) is 17.7. The number of benzene rings is 1. The van der Waals surface area contributed by atoms with Crippen molar-refractivity contribution in [1.82, 2.24) is 25.3 Å². The smallest absolute Gasteiger partial charge is 0.254 e. The van der Waals surface area contributed by atoms with Crippen LogP contribution in [0.5, 0.6) is 0 Å². The van der Waals surface area contributed by atoms with Gasteiger partial charge in [0.15, 0.2) is 0 Å². The second-order valence-electron chi connectivity index (χ2n) is 7.96. The molecule has 0 saturated heterocycles. The zero-order chi connectivity index (χ0) is 22.1. The van der Waals surface area contributed by atoms with E-state index < -0.39 is 11.7 Å². The molecule has 0 unspecified atom stereocenters. The number of nitrogens with zero attached hydrogens (tertiary/aromatic N) is 4. The van der Waals surface area contributed by atoms with E-state index in [1.807, 2.05) is 13.0 Å². The minimum Gasteiger partial charge on any atom is -0.394 e. The third kappa shape index (κ3) is 4.56. The van der Waals surface area contributed by atoms with Crippen molar-refractivity contribution in [3.8, 4) is 22.4 Å². The van der Waals surface area contributed by atoms with Crippen molar-refractivity contribution >= 4 is 11.7 Å². The average molecular weight is 424 g/mol. The summed E-state index contributed by atoms with van der Waals surface area (Å²) in [4.78, 5) is 18.5. The summed E-state index contributed by atoms with van der Waals surface area (Å²) in [5.41, 5.74) is 3.44. The molecule has 1 saturated carbocycles. The first-order chi connectivity index (χ1) is 14.9. The SMILES string of the molecule is Cc1cc(F)c(C(=O)NC2CC2)cc1-c1cnc(N[C@H](C)CO)c(-c2cnn(C)n2)c1. The minimum absolute atomic E-state index is 0.0182. The van der Waals surface area contributed by atoms with E-state index in [0.29, 0.717) is 28.2 Å². The molecule has 1 aromatic carbocycles. The lowest BCUT2D eigenvalue weighted by Gasteiger charge is -2.16. The van der Waals surface area contributed by atoms with E-state index in [0.717, 1.165) is 18.4 Å². The summed E-state index contributed by atoms with van der Waals surface area (Å²) in [6.07, 6.45) is 5.15. The second kappa shape index (κ2) is 8.43. The van der Waals surface area contributed by atoms with Gasteiger partial charge in [0.2, 0.25) is 0 Å². The fourth-order valence-corrected chi connectivity index (χ4v) is 3.32. The van der Waals surface area contributed by atoms with E-state index in [4.69, 9.17) is 0 Å². The molecule has 0 radical (unpaired) electrons. The maximum absolute atomic E-state index is 14.5. The van der Waals surface area contributed by atoms with Crippen LogP contribution in [0.3, 0.4) is 0 Å². The van der Waals surface area contributed by atoms with Crippen molar-refractivity contribution in [1.29, 1.82) is 0 Å². The van der Waals surface area contributed by atoms with Crippen molar-refractivity contribution < 1.29 is 14.3 Å². The number of amides is 1. The molecule has 1 aliphatic carbocycles. The number of pyridine rings is 1. The molecule has 1 fully saturated rings. The molecule has 1 aliphatic rings. The Morgan fingerprint density at radius 2 is 2.06 bits per heavy atom. The van der Waals surface area contributed by atoms with Crippen LogP contribution in [-0.2, 0) is 7.05 Å². The number of anilines is 1. The van der Waals surface area contributed by atoms with Gasteiger partial charge in [0, 0.05) is 36.5 Å². The van der Waals surface area contributed by atoms with E-state index in [1.54, 1.807) is 32.4 Å². The monoisotopic (exact) mass is 424 g/mol. The van der Waals surface area contributed by atoms with Gasteiger partial charge in [-0.05, 0) is 56.0 Å². The van der Waals surface area contributed by atoms with Crippen molar-refractivity contribution in [3.05, 3.63) is 47.5 Å². The first-order valence-electron chi connectivity index (χ1n) is 10.2. The first kappa shape index (κ1) is 20.9. The third-order valence-corrected chi connectivity index (χ3v) is 5.20. The number of carbonyl (C=O) groups is 1. The van der Waals surface area contributed by atoms with Gasteiger partial charge in [-0.15, -0.1) is 0 Å². The van der Waals surface area contributed by atoms with Crippen LogP contribution in [0.25, 0.3) is 22.4 Å². The minimum atomic E-state index is -0.545. The molecular weight excluding hydrogens is 399 g/mol. The largest absolute Gasteiger partial charge is 0.394 e. The lowest BCUT2D eigenvalue weighted by Crippen LogP contribution is -2.26. The number of carbonyl (C=O) groups excluding carboxylic acids is 1. The maximum atomic E-state index is 14.5. The van der Waals surface area contributed by atoms with Crippen LogP contribution in [0.15, 0.2) is 30.6 Å². The summed E-state index contributed by atoms with van der Waals surface area (Å²) in [5.74, 6) is -0.396. The normalized spacial score (nSPS) is 14.4. The highest BCUT2D eigenvalue weighted by Crippen LogP contribution is 2.33. The molecule has 4 rings (SSSR count). The lowest BCUT2D eigenvalue weighted by atomic mass is 9.97. The second-order valence-corrected chi connectivity index (χ2v) is 7.96. The van der Waals surface area contributed by atoms with Crippen molar-refractivity contribution in [2.24, 2.45) is 7.05 Å². The summed E-state index contributed by atoms with van der Waals surface area (Å²) in [5, 5.41) is 23.9. The first-order valence-corrected chi connectivity index (χ1v) is 10.2. The van der Waals surface area contributed by atoms with E-state index in [-0.39, 0.29) is 24.3 Å². The van der Waals surface area contributed by atoms with Crippen LogP contribution in [0.1, 0.15) is 35.7 Å². The van der Waals surface area contributed by atoms with E-state index >= 15 is 0 Å². The standard InChI is InChI=1S/C22H25FN6O2/c1-12-6-19(23)17(22(31)27-15-4-5-15)8-16(12)14-7-18(20-10-25-29(3)28-20)21(24-9-14)26-13(2)11-30/h6-10,13,15,30H,4-5,11H2,1-3H3,(H,24,26)(H,27,31)/t13-/m1/s1. The highest BCUT2D eigenvalue weighted by atomic mass is 19.1. The molecule has 9 heteroatoms. The molecule has 2 heterocycles. The Morgan fingerprint density at radius 3 is 2.71 bits per heavy atom. The van der Waals surface area contributed by atoms with Gasteiger partial charge in [-0.3, -0.25) is 4.79 Å². The van der Waals surface area contributed by atoms with Crippen molar-refractivity contribution in [2.45, 2.75) is 38.8 Å². The molecule has 0 bridgehead atoms. The summed E-state index contributed by atoms with van der Waals surface area (Å²) >= 11 is 0. The number of aliphatic hydroxyl groups excluding tert-OH is 1. The van der Waals surface area contributed by atoms with Crippen LogP contribution in [0.2, 0.25) is 0 Å². The summed E-state index contributed by atoms with van der Waals surface area (Å²) < 4.78 is 14.5. The summed E-state index contributed by atoms with van der Waals surface area (Å²) in [7, 11) is 1.72. The van der Waals surface area contributed by atoms with Gasteiger partial charge >= 0.3 is 0 Å². The van der Waals surface area contributed by atoms with Crippen molar-refractivity contribution in [3.63, 3.8) is 0 Å². The zero-order valence-corrected chi connectivity index (χ0v) is 17.7. The maximum Gasteiger partial charge on any atom is 0.254 e. The number of halogens is 1. The molecule has 3 aromatic rings. The summed E-state index contributed by atoms with van der Waals surface area (Å²) in [6.45, 7) is 3.58. The molecule has 162 valence electrons. The number of hydrogen-bond acceptors (Lipinski definition) is 6. The number of rotatable bonds is 7. The van der Waals surface area contributed by atoms with Gasteiger partial charge in [0.1, 0.15) is 17.3 Å². The van der Waals surface area contributed by atoms with Crippen LogP contribution < -0.4 is 10.6 Å². The third-order valence-electron chi connectivity index (χ3n) is 5.20. The Balaban J connectivity index is 1.77. The van der Waals surface area contributed by atoms with Crippen LogP contribution in [0.4, 0.5) is 10.2 Å². The molecule has 1 amide bonds. The quantitative estimate of drug-likeness (QED) is 0.539. The van der Waals surface area contributed by atoms with Crippen LogP contribution >= 0.6 is 0 Å². The van der Waals surface area contributed by atoms with Gasteiger partial charge in [-0.2, -0.15) is 15.0 Å².